The second kappa shape index (κ2) is 5.14. The molecule has 4 saturated carbocycles. The molecule has 20 heavy (non-hydrogen) atoms. The zero-order valence-electron chi connectivity index (χ0n) is 12.3. The average molecular weight is 275 g/mol. The predicted octanol–water partition coefficient (Wildman–Crippen LogP) is 2.76. The van der Waals surface area contributed by atoms with Gasteiger partial charge in [0.25, 0.3) is 0 Å². The molecular weight excluding hydrogens is 250 g/mol. The van der Waals surface area contributed by atoms with E-state index in [0.717, 1.165) is 55.0 Å². The first kappa shape index (κ1) is 12.8. The van der Waals surface area contributed by atoms with Crippen LogP contribution in [0, 0.1) is 23.7 Å². The fourth-order valence-corrected chi connectivity index (χ4v) is 5.20. The van der Waals surface area contributed by atoms with Crippen molar-refractivity contribution in [3.05, 3.63) is 11.8 Å². The van der Waals surface area contributed by atoms with Gasteiger partial charge < -0.3 is 9.73 Å². The summed E-state index contributed by atoms with van der Waals surface area (Å²) in [4.78, 5) is 0. The molecule has 1 N–H and O–H groups in total. The maximum Gasteiger partial charge on any atom is 0.220 e. The molecule has 4 aliphatic rings. The maximum atomic E-state index is 5.99. The lowest BCUT2D eigenvalue weighted by atomic mass is 9.52. The van der Waals surface area contributed by atoms with Gasteiger partial charge in [0.15, 0.2) is 0 Å². The highest BCUT2D eigenvalue weighted by Gasteiger charge is 2.50. The van der Waals surface area contributed by atoms with E-state index in [2.05, 4.69) is 22.4 Å². The van der Waals surface area contributed by atoms with Gasteiger partial charge >= 0.3 is 0 Å². The van der Waals surface area contributed by atoms with Gasteiger partial charge in [0.1, 0.15) is 0 Å². The lowest BCUT2D eigenvalue weighted by Gasteiger charge is -2.53. The van der Waals surface area contributed by atoms with Gasteiger partial charge in [0.2, 0.25) is 11.8 Å². The Kier molecular flexibility index (Phi) is 3.29. The lowest BCUT2D eigenvalue weighted by molar-refractivity contribution is -0.0118. The van der Waals surface area contributed by atoms with E-state index in [-0.39, 0.29) is 0 Å². The summed E-state index contributed by atoms with van der Waals surface area (Å²) in [5.41, 5.74) is 0. The van der Waals surface area contributed by atoms with E-state index in [1.54, 1.807) is 0 Å². The molecule has 4 heteroatoms. The Bertz CT molecular complexity index is 442. The summed E-state index contributed by atoms with van der Waals surface area (Å²) < 4.78 is 5.99. The summed E-state index contributed by atoms with van der Waals surface area (Å²) in [6, 6.07) is 0. The molecule has 4 nitrogen and oxygen atoms in total. The summed E-state index contributed by atoms with van der Waals surface area (Å²) in [6.45, 7) is 4.05. The molecule has 1 aromatic heterocycles. The third kappa shape index (κ3) is 2.18. The number of nitrogens with zero attached hydrogens (tertiary/aromatic N) is 2. The fraction of sp³-hybridized carbons (Fsp3) is 0.875. The van der Waals surface area contributed by atoms with Crippen LogP contribution in [0.3, 0.4) is 0 Å². The molecule has 0 saturated heterocycles. The van der Waals surface area contributed by atoms with Crippen molar-refractivity contribution in [2.24, 2.45) is 23.7 Å². The molecule has 1 heterocycles. The molecule has 0 aromatic carbocycles. The topological polar surface area (TPSA) is 51.0 Å². The molecule has 0 spiro atoms. The Morgan fingerprint density at radius 3 is 2.40 bits per heavy atom. The van der Waals surface area contributed by atoms with E-state index < -0.39 is 0 Å². The van der Waals surface area contributed by atoms with Gasteiger partial charge in [0.05, 0.1) is 0 Å². The molecule has 4 fully saturated rings. The van der Waals surface area contributed by atoms with Crippen molar-refractivity contribution in [2.45, 2.75) is 51.4 Å². The number of hydrogen-bond acceptors (Lipinski definition) is 4. The van der Waals surface area contributed by atoms with E-state index >= 15 is 0 Å². The molecule has 0 unspecified atom stereocenters. The first-order valence-corrected chi connectivity index (χ1v) is 8.36. The van der Waals surface area contributed by atoms with Gasteiger partial charge in [-0.15, -0.1) is 10.2 Å². The number of nitrogens with one attached hydrogen (secondary N) is 1. The van der Waals surface area contributed by atoms with E-state index in [0.29, 0.717) is 5.92 Å². The Labute approximate surface area is 120 Å². The van der Waals surface area contributed by atoms with Gasteiger partial charge in [-0.3, -0.25) is 0 Å². The number of likely N-dealkylation sites (N-methyl/N-ethyl adjacent to an activating group) is 1. The second-order valence-electron chi connectivity index (χ2n) is 7.09. The van der Waals surface area contributed by atoms with Gasteiger partial charge in [-0.25, -0.2) is 0 Å². The zero-order valence-corrected chi connectivity index (χ0v) is 12.3. The summed E-state index contributed by atoms with van der Waals surface area (Å²) in [6.07, 6.45) is 7.99. The van der Waals surface area contributed by atoms with E-state index in [4.69, 9.17) is 4.42 Å². The van der Waals surface area contributed by atoms with Crippen molar-refractivity contribution < 1.29 is 4.42 Å². The summed E-state index contributed by atoms with van der Waals surface area (Å²) in [7, 11) is 0. The van der Waals surface area contributed by atoms with E-state index in [9.17, 15) is 0 Å². The zero-order chi connectivity index (χ0) is 13.5. The largest absolute Gasteiger partial charge is 0.425 e. The number of hydrogen-bond donors (Lipinski definition) is 1. The van der Waals surface area contributed by atoms with Crippen LogP contribution >= 0.6 is 0 Å². The highest BCUT2D eigenvalue weighted by Crippen LogP contribution is 2.59. The van der Waals surface area contributed by atoms with Gasteiger partial charge in [-0.1, -0.05) is 6.92 Å². The molecular formula is C16H25N3O. The van der Waals surface area contributed by atoms with E-state index in [1.165, 1.54) is 32.1 Å². The fourth-order valence-electron chi connectivity index (χ4n) is 5.20. The molecule has 0 radical (unpaired) electrons. The highest BCUT2D eigenvalue weighted by atomic mass is 16.4. The molecule has 4 bridgehead atoms. The van der Waals surface area contributed by atoms with Crippen LogP contribution in [-0.2, 0) is 6.42 Å². The summed E-state index contributed by atoms with van der Waals surface area (Å²) in [5, 5.41) is 12.0. The summed E-state index contributed by atoms with van der Waals surface area (Å²) >= 11 is 0. The standard InChI is InChI=1S/C16H25N3O/c1-2-17-4-3-14-18-19-16(20-14)15-12-6-10-5-11(8-12)9-13(15)7-10/h10-13,15,17H,2-9H2,1H3. The van der Waals surface area contributed by atoms with Crippen LogP contribution in [-0.4, -0.2) is 23.3 Å². The van der Waals surface area contributed by atoms with Crippen LogP contribution in [0.2, 0.25) is 0 Å². The summed E-state index contributed by atoms with van der Waals surface area (Å²) in [5.74, 6) is 6.00. The van der Waals surface area contributed by atoms with E-state index in [1.807, 2.05) is 0 Å². The van der Waals surface area contributed by atoms with Crippen LogP contribution in [0.25, 0.3) is 0 Å². The molecule has 0 atom stereocenters. The normalized spacial score (nSPS) is 38.5. The molecule has 1 aromatic rings. The minimum Gasteiger partial charge on any atom is -0.425 e. The SMILES string of the molecule is CCNCCc1nnc(C2C3CC4CC(C3)CC2C4)o1. The molecule has 0 amide bonds. The quantitative estimate of drug-likeness (QED) is 0.840. The van der Waals surface area contributed by atoms with Gasteiger partial charge in [0, 0.05) is 18.9 Å². The van der Waals surface area contributed by atoms with Crippen molar-refractivity contribution in [1.29, 1.82) is 0 Å². The van der Waals surface area contributed by atoms with Crippen LogP contribution in [0.5, 0.6) is 0 Å². The Morgan fingerprint density at radius 1 is 1.05 bits per heavy atom. The van der Waals surface area contributed by atoms with Crippen LogP contribution < -0.4 is 5.32 Å². The molecule has 110 valence electrons. The minimum atomic E-state index is 0.572. The lowest BCUT2D eigenvalue weighted by Crippen LogP contribution is -2.43. The minimum absolute atomic E-state index is 0.572. The third-order valence-corrected chi connectivity index (χ3v) is 5.76. The third-order valence-electron chi connectivity index (χ3n) is 5.76. The monoisotopic (exact) mass is 275 g/mol. The van der Waals surface area contributed by atoms with Crippen molar-refractivity contribution in [1.82, 2.24) is 15.5 Å². The highest BCUT2D eigenvalue weighted by molar-refractivity contribution is 5.08. The van der Waals surface area contributed by atoms with Crippen molar-refractivity contribution in [3.8, 4) is 0 Å². The predicted molar refractivity (Wildman–Crippen MR) is 76.3 cm³/mol. The number of aromatic nitrogens is 2. The molecule has 4 aliphatic carbocycles. The van der Waals surface area contributed by atoms with Crippen LogP contribution in [0.4, 0.5) is 0 Å². The Hall–Kier alpha value is -0.900. The Morgan fingerprint density at radius 2 is 1.75 bits per heavy atom. The maximum absolute atomic E-state index is 5.99. The molecule has 5 rings (SSSR count). The van der Waals surface area contributed by atoms with Crippen molar-refractivity contribution in [2.75, 3.05) is 13.1 Å². The van der Waals surface area contributed by atoms with Gasteiger partial charge in [-0.05, 0) is 62.3 Å². The van der Waals surface area contributed by atoms with Crippen LogP contribution in [0.1, 0.15) is 56.7 Å². The van der Waals surface area contributed by atoms with Crippen molar-refractivity contribution >= 4 is 0 Å². The van der Waals surface area contributed by atoms with Crippen LogP contribution in [0.15, 0.2) is 4.42 Å². The number of rotatable bonds is 5. The van der Waals surface area contributed by atoms with Gasteiger partial charge in [-0.2, -0.15) is 0 Å². The smallest absolute Gasteiger partial charge is 0.220 e. The van der Waals surface area contributed by atoms with Crippen molar-refractivity contribution in [3.63, 3.8) is 0 Å². The average Bonchev–Trinajstić information content (AvgIpc) is 2.86. The second-order valence-corrected chi connectivity index (χ2v) is 7.09. The molecule has 0 aliphatic heterocycles. The first-order chi connectivity index (χ1) is 9.83. The first-order valence-electron chi connectivity index (χ1n) is 8.36. The Balaban J connectivity index is 1.47.